The van der Waals surface area contributed by atoms with E-state index < -0.39 is 0 Å². The smallest absolute Gasteiger partial charge is 0.360 e. The highest BCUT2D eigenvalue weighted by molar-refractivity contribution is 5.88. The van der Waals surface area contributed by atoms with Crippen molar-refractivity contribution in [1.82, 2.24) is 15.0 Å². The van der Waals surface area contributed by atoms with Crippen LogP contribution in [0, 0.1) is 0 Å². The predicted octanol–water partition coefficient (Wildman–Crippen LogP) is 1.76. The fourth-order valence-corrected chi connectivity index (χ4v) is 1.99. The largest absolute Gasteiger partial charge is 0.461 e. The van der Waals surface area contributed by atoms with Crippen molar-refractivity contribution < 1.29 is 14.3 Å². The minimum absolute atomic E-state index is 0.357. The number of nitrogens with zero attached hydrogens (tertiary/aromatic N) is 3. The molecule has 0 spiro atoms. The van der Waals surface area contributed by atoms with E-state index in [1.807, 2.05) is 0 Å². The zero-order chi connectivity index (χ0) is 13.7. The summed E-state index contributed by atoms with van der Waals surface area (Å²) >= 11 is 0. The van der Waals surface area contributed by atoms with Gasteiger partial charge in [-0.3, -0.25) is 0 Å². The van der Waals surface area contributed by atoms with Crippen LogP contribution in [0.25, 0.3) is 0 Å². The van der Waals surface area contributed by atoms with Crippen LogP contribution in [0.5, 0.6) is 0 Å². The lowest BCUT2D eigenvalue weighted by atomic mass is 10.2. The molecule has 19 heavy (non-hydrogen) atoms. The number of esters is 1. The maximum Gasteiger partial charge on any atom is 0.360 e. The number of carbonyl (C=O) groups is 1. The van der Waals surface area contributed by atoms with Gasteiger partial charge in [-0.05, 0) is 26.2 Å². The Hall–Kier alpha value is -1.43. The third-order valence-electron chi connectivity index (χ3n) is 3.00. The summed E-state index contributed by atoms with van der Waals surface area (Å²) in [7, 11) is 0. The molecular weight excluding hydrogens is 246 g/mol. The van der Waals surface area contributed by atoms with Gasteiger partial charge in [0.05, 0.1) is 25.5 Å². The Labute approximate surface area is 113 Å². The lowest BCUT2D eigenvalue weighted by molar-refractivity contribution is 0.0517. The second kappa shape index (κ2) is 6.65. The fourth-order valence-electron chi connectivity index (χ4n) is 1.99. The summed E-state index contributed by atoms with van der Waals surface area (Å²) < 4.78 is 12.3. The van der Waals surface area contributed by atoms with Crippen molar-refractivity contribution in [2.75, 3.05) is 19.8 Å². The Bertz CT molecular complexity index is 427. The van der Waals surface area contributed by atoms with Crippen LogP contribution in [-0.4, -0.2) is 40.8 Å². The monoisotopic (exact) mass is 267 g/mol. The van der Waals surface area contributed by atoms with Crippen molar-refractivity contribution in [2.45, 2.75) is 45.6 Å². The molecule has 6 heteroatoms. The van der Waals surface area contributed by atoms with Crippen molar-refractivity contribution in [3.8, 4) is 0 Å². The molecule has 0 amide bonds. The van der Waals surface area contributed by atoms with Gasteiger partial charge in [0.25, 0.3) is 0 Å². The van der Waals surface area contributed by atoms with Crippen molar-refractivity contribution in [3.63, 3.8) is 0 Å². The molecule has 0 radical (unpaired) electrons. The topological polar surface area (TPSA) is 66.2 Å². The molecule has 1 heterocycles. The van der Waals surface area contributed by atoms with Crippen LogP contribution in [-0.2, 0) is 16.0 Å². The lowest BCUT2D eigenvalue weighted by Gasteiger charge is -2.07. The molecule has 0 unspecified atom stereocenters. The van der Waals surface area contributed by atoms with E-state index in [1.165, 1.54) is 0 Å². The first-order valence-corrected chi connectivity index (χ1v) is 6.96. The van der Waals surface area contributed by atoms with E-state index in [0.717, 1.165) is 31.6 Å². The van der Waals surface area contributed by atoms with E-state index in [1.54, 1.807) is 11.6 Å². The van der Waals surface area contributed by atoms with Crippen molar-refractivity contribution >= 4 is 5.97 Å². The maximum atomic E-state index is 11.8. The summed E-state index contributed by atoms with van der Waals surface area (Å²) in [6.07, 6.45) is 3.19. The van der Waals surface area contributed by atoms with Gasteiger partial charge in [-0.15, -0.1) is 5.10 Å². The zero-order valence-electron chi connectivity index (χ0n) is 11.6. The van der Waals surface area contributed by atoms with E-state index in [2.05, 4.69) is 17.2 Å². The predicted molar refractivity (Wildman–Crippen MR) is 69.1 cm³/mol. The van der Waals surface area contributed by atoms with Gasteiger partial charge < -0.3 is 9.47 Å². The van der Waals surface area contributed by atoms with Crippen LogP contribution in [0.2, 0.25) is 0 Å². The van der Waals surface area contributed by atoms with Gasteiger partial charge in [-0.25, -0.2) is 9.48 Å². The minimum Gasteiger partial charge on any atom is -0.461 e. The van der Waals surface area contributed by atoms with Gasteiger partial charge in [-0.2, -0.15) is 0 Å². The van der Waals surface area contributed by atoms with Crippen molar-refractivity contribution in [3.05, 3.63) is 11.4 Å². The molecule has 1 aromatic heterocycles. The SMILES string of the molecule is CCCOCCn1nnc(C(=O)OCC)c1C1CC1. The molecule has 0 bridgehead atoms. The zero-order valence-corrected chi connectivity index (χ0v) is 11.6. The molecule has 0 atom stereocenters. The second-order valence-corrected chi connectivity index (χ2v) is 4.65. The maximum absolute atomic E-state index is 11.8. The summed E-state index contributed by atoms with van der Waals surface area (Å²) in [6.45, 7) is 6.20. The summed E-state index contributed by atoms with van der Waals surface area (Å²) in [5.74, 6) is 0.0331. The number of rotatable bonds is 8. The molecule has 0 saturated heterocycles. The van der Waals surface area contributed by atoms with E-state index >= 15 is 0 Å². The molecule has 1 saturated carbocycles. The van der Waals surface area contributed by atoms with E-state index in [0.29, 0.717) is 31.4 Å². The average Bonchev–Trinajstić information content (AvgIpc) is 3.15. The number of aromatic nitrogens is 3. The summed E-state index contributed by atoms with van der Waals surface area (Å²) in [5.41, 5.74) is 1.29. The summed E-state index contributed by atoms with van der Waals surface area (Å²) in [4.78, 5) is 11.8. The Morgan fingerprint density at radius 3 is 2.79 bits per heavy atom. The first-order chi connectivity index (χ1) is 9.27. The van der Waals surface area contributed by atoms with Crippen LogP contribution < -0.4 is 0 Å². The van der Waals surface area contributed by atoms with Gasteiger partial charge >= 0.3 is 5.97 Å². The van der Waals surface area contributed by atoms with E-state index in [9.17, 15) is 4.79 Å². The number of carbonyl (C=O) groups excluding carboxylic acids is 1. The third-order valence-corrected chi connectivity index (χ3v) is 3.00. The Kier molecular flexibility index (Phi) is 4.90. The third kappa shape index (κ3) is 3.53. The molecule has 106 valence electrons. The Morgan fingerprint density at radius 2 is 2.16 bits per heavy atom. The van der Waals surface area contributed by atoms with Gasteiger partial charge in [0.2, 0.25) is 0 Å². The van der Waals surface area contributed by atoms with Crippen molar-refractivity contribution in [1.29, 1.82) is 0 Å². The number of hydrogen-bond donors (Lipinski definition) is 0. The molecule has 0 N–H and O–H groups in total. The van der Waals surface area contributed by atoms with Crippen LogP contribution in [0.4, 0.5) is 0 Å². The highest BCUT2D eigenvalue weighted by Crippen LogP contribution is 2.41. The lowest BCUT2D eigenvalue weighted by Crippen LogP contribution is -2.13. The summed E-state index contributed by atoms with van der Waals surface area (Å²) in [5, 5.41) is 8.04. The molecule has 1 fully saturated rings. The van der Waals surface area contributed by atoms with Gasteiger partial charge in [0.15, 0.2) is 5.69 Å². The van der Waals surface area contributed by atoms with Gasteiger partial charge in [0.1, 0.15) is 0 Å². The highest BCUT2D eigenvalue weighted by Gasteiger charge is 2.34. The first-order valence-electron chi connectivity index (χ1n) is 6.96. The normalized spacial score (nSPS) is 14.6. The fraction of sp³-hybridized carbons (Fsp3) is 0.769. The first kappa shape index (κ1) is 14.0. The molecule has 2 rings (SSSR count). The molecule has 0 aliphatic heterocycles. The van der Waals surface area contributed by atoms with Crippen LogP contribution in [0.1, 0.15) is 55.2 Å². The van der Waals surface area contributed by atoms with Crippen LogP contribution >= 0.6 is 0 Å². The number of hydrogen-bond acceptors (Lipinski definition) is 5. The molecule has 6 nitrogen and oxygen atoms in total. The molecule has 1 aliphatic rings. The summed E-state index contributed by atoms with van der Waals surface area (Å²) in [6, 6.07) is 0. The quantitative estimate of drug-likeness (QED) is 0.530. The van der Waals surface area contributed by atoms with Gasteiger partial charge in [-0.1, -0.05) is 12.1 Å². The number of ether oxygens (including phenoxy) is 2. The highest BCUT2D eigenvalue weighted by atomic mass is 16.5. The molecular formula is C13H21N3O3. The second-order valence-electron chi connectivity index (χ2n) is 4.65. The van der Waals surface area contributed by atoms with Crippen LogP contribution in [0.15, 0.2) is 0 Å². The Morgan fingerprint density at radius 1 is 1.37 bits per heavy atom. The van der Waals surface area contributed by atoms with E-state index in [4.69, 9.17) is 9.47 Å². The molecule has 1 aromatic rings. The molecule has 1 aliphatic carbocycles. The van der Waals surface area contributed by atoms with Gasteiger partial charge in [0, 0.05) is 12.5 Å². The van der Waals surface area contributed by atoms with E-state index in [-0.39, 0.29) is 5.97 Å². The Balaban J connectivity index is 2.04. The van der Waals surface area contributed by atoms with Crippen LogP contribution in [0.3, 0.4) is 0 Å². The minimum atomic E-state index is -0.370. The molecule has 0 aromatic carbocycles. The average molecular weight is 267 g/mol. The standard InChI is InChI=1S/C13H21N3O3/c1-3-8-18-9-7-16-12(10-5-6-10)11(14-15-16)13(17)19-4-2/h10H,3-9H2,1-2H3. The van der Waals surface area contributed by atoms with Crippen molar-refractivity contribution in [2.24, 2.45) is 0 Å².